The zero-order valence-corrected chi connectivity index (χ0v) is 15.1. The van der Waals surface area contributed by atoms with Crippen LogP contribution < -0.4 is 21.1 Å². The Morgan fingerprint density at radius 2 is 1.70 bits per heavy atom. The number of carbonyl (C=O) groups is 2. The van der Waals surface area contributed by atoms with Gasteiger partial charge >= 0.3 is 0 Å². The molecule has 0 aromatic heterocycles. The molecule has 7 heteroatoms. The summed E-state index contributed by atoms with van der Waals surface area (Å²) in [7, 11) is 0. The van der Waals surface area contributed by atoms with Gasteiger partial charge in [0.1, 0.15) is 18.3 Å². The normalized spacial score (nSPS) is 11.6. The summed E-state index contributed by atoms with van der Waals surface area (Å²) in [6.07, 6.45) is 0. The van der Waals surface area contributed by atoms with Crippen LogP contribution in [-0.4, -0.2) is 43.2 Å². The number of hydrogen-bond donors (Lipinski definition) is 4. The summed E-state index contributed by atoms with van der Waals surface area (Å²) in [5, 5.41) is 14.3. The highest BCUT2D eigenvalue weighted by Crippen LogP contribution is 2.20. The third kappa shape index (κ3) is 6.73. The predicted molar refractivity (Wildman–Crippen MR) is 102 cm³/mol. The third-order valence-corrected chi connectivity index (χ3v) is 3.90. The summed E-state index contributed by atoms with van der Waals surface area (Å²) < 4.78 is 5.70. The van der Waals surface area contributed by atoms with Gasteiger partial charge in [-0.2, -0.15) is 0 Å². The number of aliphatic hydroxyl groups is 1. The molecule has 1 atom stereocenters. The molecule has 0 bridgehead atoms. The zero-order chi connectivity index (χ0) is 19.5. The number of hydrogen-bond acceptors (Lipinski definition) is 5. The van der Waals surface area contributed by atoms with Crippen LogP contribution in [0.3, 0.4) is 0 Å². The van der Waals surface area contributed by atoms with Gasteiger partial charge in [-0.05, 0) is 23.3 Å². The fourth-order valence-electron chi connectivity index (χ4n) is 2.52. The average Bonchev–Trinajstić information content (AvgIpc) is 2.68. The summed E-state index contributed by atoms with van der Waals surface area (Å²) in [4.78, 5) is 24.0. The zero-order valence-electron chi connectivity index (χ0n) is 15.1. The molecule has 0 radical (unpaired) electrons. The maximum atomic E-state index is 12.3. The minimum Gasteiger partial charge on any atom is -0.489 e. The lowest BCUT2D eigenvalue weighted by Crippen LogP contribution is -2.40. The largest absolute Gasteiger partial charge is 0.489 e. The molecule has 27 heavy (non-hydrogen) atoms. The monoisotopic (exact) mass is 371 g/mol. The Morgan fingerprint density at radius 3 is 2.33 bits per heavy atom. The van der Waals surface area contributed by atoms with Gasteiger partial charge in [0.15, 0.2) is 0 Å². The smallest absolute Gasteiger partial charge is 0.237 e. The fourth-order valence-corrected chi connectivity index (χ4v) is 2.52. The van der Waals surface area contributed by atoms with Crippen molar-refractivity contribution in [3.63, 3.8) is 0 Å². The molecule has 0 aliphatic carbocycles. The second-order valence-corrected chi connectivity index (χ2v) is 5.94. The van der Waals surface area contributed by atoms with Crippen LogP contribution in [0.15, 0.2) is 54.6 Å². The van der Waals surface area contributed by atoms with Crippen LogP contribution in [0.25, 0.3) is 0 Å². The van der Waals surface area contributed by atoms with Crippen LogP contribution in [0.5, 0.6) is 5.75 Å². The minimum absolute atomic E-state index is 0.0244. The molecular formula is C20H25N3O4. The van der Waals surface area contributed by atoms with Crippen molar-refractivity contribution in [1.82, 2.24) is 10.6 Å². The molecule has 2 amide bonds. The molecule has 0 aliphatic rings. The van der Waals surface area contributed by atoms with Crippen molar-refractivity contribution in [3.05, 3.63) is 65.7 Å². The first kappa shape index (κ1) is 20.4. The second kappa shape index (κ2) is 10.9. The number of ether oxygens (including phenoxy) is 1. The third-order valence-electron chi connectivity index (χ3n) is 3.90. The van der Waals surface area contributed by atoms with Gasteiger partial charge < -0.3 is 26.2 Å². The molecule has 144 valence electrons. The van der Waals surface area contributed by atoms with E-state index in [-0.39, 0.29) is 6.61 Å². The van der Waals surface area contributed by atoms with Gasteiger partial charge in [-0.1, -0.05) is 42.5 Å². The molecule has 7 nitrogen and oxygen atoms in total. The molecule has 2 rings (SSSR count). The first-order chi connectivity index (χ1) is 13.1. The van der Waals surface area contributed by atoms with E-state index in [1.165, 1.54) is 0 Å². The summed E-state index contributed by atoms with van der Waals surface area (Å²) in [6.45, 7) is 1.72. The second-order valence-electron chi connectivity index (χ2n) is 5.94. The summed E-state index contributed by atoms with van der Waals surface area (Å²) in [5.41, 5.74) is 6.97. The van der Waals surface area contributed by atoms with Gasteiger partial charge in [0.05, 0.1) is 6.61 Å². The van der Waals surface area contributed by atoms with E-state index in [1.54, 1.807) is 24.3 Å². The van der Waals surface area contributed by atoms with Crippen LogP contribution in [0.4, 0.5) is 0 Å². The van der Waals surface area contributed by atoms with Crippen LogP contribution in [-0.2, 0) is 16.2 Å². The summed E-state index contributed by atoms with van der Waals surface area (Å²) in [5.74, 6) is -1.59. The molecule has 1 unspecified atom stereocenters. The first-order valence-corrected chi connectivity index (χ1v) is 8.77. The summed E-state index contributed by atoms with van der Waals surface area (Å²) in [6, 6.07) is 16.5. The Balaban J connectivity index is 1.92. The lowest BCUT2D eigenvalue weighted by Gasteiger charge is -2.15. The highest BCUT2D eigenvalue weighted by Gasteiger charge is 2.26. The maximum absolute atomic E-state index is 12.3. The Morgan fingerprint density at radius 1 is 1.00 bits per heavy atom. The Kier molecular flexibility index (Phi) is 8.28. The number of benzene rings is 2. The fraction of sp³-hybridized carbons (Fsp3) is 0.300. The molecule has 0 fully saturated rings. The number of carbonyl (C=O) groups excluding carboxylic acids is 2. The van der Waals surface area contributed by atoms with Gasteiger partial charge in [-0.3, -0.25) is 9.59 Å². The topological polar surface area (TPSA) is 114 Å². The molecule has 0 aliphatic heterocycles. The maximum Gasteiger partial charge on any atom is 0.237 e. The van der Waals surface area contributed by atoms with E-state index in [4.69, 9.17) is 15.6 Å². The van der Waals surface area contributed by atoms with E-state index in [9.17, 15) is 9.59 Å². The van der Waals surface area contributed by atoms with E-state index >= 15 is 0 Å². The van der Waals surface area contributed by atoms with Crippen LogP contribution in [0, 0.1) is 0 Å². The standard InChI is InChI=1S/C20H25N3O4/c21-19(25)18(20(26)23-11-10-22-12-13-24)16-6-8-17(9-7-16)27-14-15-4-2-1-3-5-15/h1-9,18,22,24H,10-14H2,(H2,21,25)(H,23,26). The van der Waals surface area contributed by atoms with E-state index in [2.05, 4.69) is 10.6 Å². The van der Waals surface area contributed by atoms with Crippen LogP contribution in [0.1, 0.15) is 17.0 Å². The van der Waals surface area contributed by atoms with E-state index in [1.807, 2.05) is 30.3 Å². The lowest BCUT2D eigenvalue weighted by molar-refractivity contribution is -0.129. The van der Waals surface area contributed by atoms with Crippen molar-refractivity contribution < 1.29 is 19.4 Å². The number of nitrogens with one attached hydrogen (secondary N) is 2. The number of rotatable bonds is 11. The first-order valence-electron chi connectivity index (χ1n) is 8.77. The van der Waals surface area contributed by atoms with E-state index in [0.29, 0.717) is 37.6 Å². The van der Waals surface area contributed by atoms with Gasteiger partial charge in [0, 0.05) is 19.6 Å². The van der Waals surface area contributed by atoms with Gasteiger partial charge in [0.2, 0.25) is 11.8 Å². The molecule has 0 spiro atoms. The molecule has 2 aromatic rings. The molecule has 0 saturated carbocycles. The van der Waals surface area contributed by atoms with Crippen molar-refractivity contribution in [2.45, 2.75) is 12.5 Å². The van der Waals surface area contributed by atoms with E-state index < -0.39 is 17.7 Å². The van der Waals surface area contributed by atoms with Gasteiger partial charge in [-0.15, -0.1) is 0 Å². The number of nitrogens with two attached hydrogens (primary N) is 1. The number of primary amides is 1. The molecule has 5 N–H and O–H groups in total. The van der Waals surface area contributed by atoms with Gasteiger partial charge in [-0.25, -0.2) is 0 Å². The van der Waals surface area contributed by atoms with Crippen LogP contribution >= 0.6 is 0 Å². The molecule has 0 heterocycles. The Labute approximate surface area is 158 Å². The van der Waals surface area contributed by atoms with Gasteiger partial charge in [0.25, 0.3) is 0 Å². The van der Waals surface area contributed by atoms with Crippen LogP contribution in [0.2, 0.25) is 0 Å². The van der Waals surface area contributed by atoms with Crippen molar-refractivity contribution in [1.29, 1.82) is 0 Å². The molecule has 0 saturated heterocycles. The van der Waals surface area contributed by atoms with E-state index in [0.717, 1.165) is 5.56 Å². The summed E-state index contributed by atoms with van der Waals surface area (Å²) >= 11 is 0. The molecule has 2 aromatic carbocycles. The van der Waals surface area contributed by atoms with Crippen molar-refractivity contribution in [3.8, 4) is 5.75 Å². The Bertz CT molecular complexity index is 720. The lowest BCUT2D eigenvalue weighted by atomic mass is 9.97. The van der Waals surface area contributed by atoms with Crippen molar-refractivity contribution in [2.75, 3.05) is 26.2 Å². The van der Waals surface area contributed by atoms with Crippen molar-refractivity contribution in [2.24, 2.45) is 5.73 Å². The quantitative estimate of drug-likeness (QED) is 0.340. The molecular weight excluding hydrogens is 346 g/mol. The number of aliphatic hydroxyl groups excluding tert-OH is 1. The number of amides is 2. The predicted octanol–water partition coefficient (Wildman–Crippen LogP) is 0.533. The SMILES string of the molecule is NC(=O)C(C(=O)NCCNCCO)c1ccc(OCc2ccccc2)cc1. The van der Waals surface area contributed by atoms with Crippen molar-refractivity contribution >= 4 is 11.8 Å². The highest BCUT2D eigenvalue weighted by molar-refractivity contribution is 6.05. The minimum atomic E-state index is -1.06. The average molecular weight is 371 g/mol. The Hall–Kier alpha value is -2.90. The highest BCUT2D eigenvalue weighted by atomic mass is 16.5.